The van der Waals surface area contributed by atoms with Crippen molar-refractivity contribution in [2.75, 3.05) is 27.2 Å². The Hall–Kier alpha value is -4.12. The molecule has 0 bridgehead atoms. The molecule has 1 unspecified atom stereocenters. The lowest BCUT2D eigenvalue weighted by molar-refractivity contribution is 0.0692. The normalized spacial score (nSPS) is 16.6. The Labute approximate surface area is 236 Å². The fraction of sp³-hybridized carbons (Fsp3) is 0.200. The summed E-state index contributed by atoms with van der Waals surface area (Å²) in [6.07, 6.45) is 0. The maximum Gasteiger partial charge on any atom is 0.272 e. The van der Waals surface area contributed by atoms with Gasteiger partial charge in [-0.3, -0.25) is 9.59 Å². The van der Waals surface area contributed by atoms with Gasteiger partial charge in [0.15, 0.2) is 0 Å². The molecule has 7 nitrogen and oxygen atoms in total. The van der Waals surface area contributed by atoms with E-state index >= 15 is 0 Å². The molecule has 1 saturated heterocycles. The number of amides is 2. The molecule has 196 valence electrons. The molecule has 1 fully saturated rings. The topological polar surface area (TPSA) is 86.5 Å². The van der Waals surface area contributed by atoms with Crippen LogP contribution in [0.1, 0.15) is 37.9 Å². The minimum Gasteiger partial charge on any atom is -0.496 e. The van der Waals surface area contributed by atoms with E-state index in [2.05, 4.69) is 11.1 Å². The zero-order chi connectivity index (χ0) is 27.7. The second kappa shape index (κ2) is 10.9. The molecule has 1 aliphatic rings. The van der Waals surface area contributed by atoms with Crippen LogP contribution in [-0.4, -0.2) is 59.9 Å². The minimum absolute atomic E-state index is 0.182. The Morgan fingerprint density at radius 2 is 1.77 bits per heavy atom. The van der Waals surface area contributed by atoms with E-state index in [1.165, 1.54) is 0 Å². The fourth-order valence-corrected chi connectivity index (χ4v) is 5.35. The summed E-state index contributed by atoms with van der Waals surface area (Å²) in [4.78, 5) is 35.2. The van der Waals surface area contributed by atoms with Crippen LogP contribution in [0.4, 0.5) is 0 Å². The molecular formula is C30H24Cl2N4O3. The Balaban J connectivity index is 1.49. The number of hydrogen-bond acceptors (Lipinski definition) is 5. The number of rotatable bonds is 5. The highest BCUT2D eigenvalue weighted by Crippen LogP contribution is 2.35. The summed E-state index contributed by atoms with van der Waals surface area (Å²) >= 11 is 12.5. The van der Waals surface area contributed by atoms with E-state index in [9.17, 15) is 9.59 Å². The average molecular weight is 559 g/mol. The van der Waals surface area contributed by atoms with E-state index in [0.29, 0.717) is 45.5 Å². The Kier molecular flexibility index (Phi) is 7.42. The van der Waals surface area contributed by atoms with Crippen molar-refractivity contribution in [2.24, 2.45) is 0 Å². The van der Waals surface area contributed by atoms with Gasteiger partial charge in [0.05, 0.1) is 40.3 Å². The highest BCUT2D eigenvalue weighted by atomic mass is 35.5. The van der Waals surface area contributed by atoms with Crippen molar-refractivity contribution in [3.8, 4) is 11.8 Å². The van der Waals surface area contributed by atoms with E-state index in [1.54, 1.807) is 66.4 Å². The van der Waals surface area contributed by atoms with Crippen molar-refractivity contribution in [1.82, 2.24) is 14.8 Å². The number of carbonyl (C=O) groups excluding carboxylic acids is 2. The fourth-order valence-electron chi connectivity index (χ4n) is 5.04. The second-order valence-electron chi connectivity index (χ2n) is 9.39. The third kappa shape index (κ3) is 5.14. The van der Waals surface area contributed by atoms with Crippen LogP contribution in [0, 0.1) is 11.3 Å². The summed E-state index contributed by atoms with van der Waals surface area (Å²) in [6, 6.07) is 22.7. The first kappa shape index (κ1) is 26.5. The van der Waals surface area contributed by atoms with Crippen molar-refractivity contribution < 1.29 is 14.3 Å². The number of fused-ring (bicyclic) bond motifs is 1. The number of likely N-dealkylation sites (tertiary alicyclic amines) is 1. The molecule has 2 amide bonds. The monoisotopic (exact) mass is 558 g/mol. The van der Waals surface area contributed by atoms with Crippen LogP contribution in [0.5, 0.6) is 5.75 Å². The summed E-state index contributed by atoms with van der Waals surface area (Å²) in [5.74, 6) is -0.138. The lowest BCUT2D eigenvalue weighted by Crippen LogP contribution is -2.42. The quantitative estimate of drug-likeness (QED) is 0.309. The molecule has 4 aromatic rings. The number of methoxy groups -OCH3 is 1. The molecule has 0 spiro atoms. The highest BCUT2D eigenvalue weighted by Gasteiger charge is 2.41. The first-order chi connectivity index (χ1) is 18.8. The third-order valence-electron chi connectivity index (χ3n) is 7.14. The minimum atomic E-state index is -0.365. The van der Waals surface area contributed by atoms with Gasteiger partial charge in [0, 0.05) is 43.1 Å². The molecular weight excluding hydrogens is 535 g/mol. The molecule has 0 aliphatic carbocycles. The highest BCUT2D eigenvalue weighted by molar-refractivity contribution is 6.42. The zero-order valence-electron chi connectivity index (χ0n) is 21.3. The molecule has 1 aromatic heterocycles. The molecule has 0 N–H and O–H groups in total. The van der Waals surface area contributed by atoms with Gasteiger partial charge >= 0.3 is 0 Å². The van der Waals surface area contributed by atoms with Gasteiger partial charge in [-0.25, -0.2) is 4.98 Å². The smallest absolute Gasteiger partial charge is 0.272 e. The standard InChI is InChI=1S/C30H24Cl2N4O3/c1-35(30(38)26-14-28(39-2)21-5-3-4-6-25(21)34-26)27-17-36(29(37)19-9-7-18(15-33)8-10-19)16-22(27)20-11-12-23(31)24(32)13-20/h3-14,22,27H,16-17H2,1-2H3/t22?,27-/m1/s1. The molecule has 9 heteroatoms. The Bertz CT molecular complexity index is 1620. The van der Waals surface area contributed by atoms with Crippen LogP contribution >= 0.6 is 23.2 Å². The van der Waals surface area contributed by atoms with Gasteiger partial charge in [-0.1, -0.05) is 41.4 Å². The van der Waals surface area contributed by atoms with Gasteiger partial charge in [-0.2, -0.15) is 5.26 Å². The van der Waals surface area contributed by atoms with Gasteiger partial charge in [0.25, 0.3) is 11.8 Å². The number of hydrogen-bond donors (Lipinski definition) is 0. The maximum atomic E-state index is 13.8. The molecule has 39 heavy (non-hydrogen) atoms. The molecule has 0 saturated carbocycles. The van der Waals surface area contributed by atoms with Gasteiger partial charge in [-0.05, 0) is 54.1 Å². The van der Waals surface area contributed by atoms with E-state index in [4.69, 9.17) is 33.2 Å². The van der Waals surface area contributed by atoms with E-state index in [1.807, 2.05) is 30.3 Å². The van der Waals surface area contributed by atoms with E-state index < -0.39 is 0 Å². The van der Waals surface area contributed by atoms with Crippen LogP contribution < -0.4 is 4.74 Å². The second-order valence-corrected chi connectivity index (χ2v) is 10.2. The first-order valence-corrected chi connectivity index (χ1v) is 13.0. The summed E-state index contributed by atoms with van der Waals surface area (Å²) in [6.45, 7) is 0.671. The van der Waals surface area contributed by atoms with Crippen LogP contribution in [0.2, 0.25) is 10.0 Å². The molecule has 1 aliphatic heterocycles. The number of benzene rings is 3. The largest absolute Gasteiger partial charge is 0.496 e. The van der Waals surface area contributed by atoms with Crippen molar-refractivity contribution >= 4 is 45.9 Å². The summed E-state index contributed by atoms with van der Waals surface area (Å²) in [5, 5.41) is 10.7. The number of halogens is 2. The average Bonchev–Trinajstić information content (AvgIpc) is 3.42. The number of pyridine rings is 1. The number of carbonyl (C=O) groups is 2. The third-order valence-corrected chi connectivity index (χ3v) is 7.88. The van der Waals surface area contributed by atoms with Crippen molar-refractivity contribution in [3.63, 3.8) is 0 Å². The van der Waals surface area contributed by atoms with Crippen LogP contribution in [0.25, 0.3) is 10.9 Å². The molecule has 5 rings (SSSR count). The number of likely N-dealkylation sites (N-methyl/N-ethyl adjacent to an activating group) is 1. The molecule has 0 radical (unpaired) electrons. The van der Waals surface area contributed by atoms with Gasteiger partial charge in [0.1, 0.15) is 11.4 Å². The van der Waals surface area contributed by atoms with Crippen molar-refractivity contribution in [2.45, 2.75) is 12.0 Å². The summed E-state index contributed by atoms with van der Waals surface area (Å²) in [5.41, 5.74) is 2.71. The van der Waals surface area contributed by atoms with Crippen LogP contribution in [0.3, 0.4) is 0 Å². The zero-order valence-corrected chi connectivity index (χ0v) is 22.8. The van der Waals surface area contributed by atoms with Gasteiger partial charge in [0.2, 0.25) is 0 Å². The van der Waals surface area contributed by atoms with E-state index in [-0.39, 0.29) is 29.5 Å². The SMILES string of the molecule is COc1cc(C(=O)N(C)[C@@H]2CN(C(=O)c3ccc(C#N)cc3)CC2c2ccc(Cl)c(Cl)c2)nc2ccccc12. The molecule has 2 heterocycles. The van der Waals surface area contributed by atoms with Gasteiger partial charge < -0.3 is 14.5 Å². The van der Waals surface area contributed by atoms with Gasteiger partial charge in [-0.15, -0.1) is 0 Å². The first-order valence-electron chi connectivity index (χ1n) is 12.3. The predicted molar refractivity (Wildman–Crippen MR) is 150 cm³/mol. The van der Waals surface area contributed by atoms with Crippen molar-refractivity contribution in [1.29, 1.82) is 5.26 Å². The number of ether oxygens (including phenoxy) is 1. The van der Waals surface area contributed by atoms with Crippen molar-refractivity contribution in [3.05, 3.63) is 105 Å². The maximum absolute atomic E-state index is 13.8. The van der Waals surface area contributed by atoms with E-state index in [0.717, 1.165) is 10.9 Å². The number of nitriles is 1. The summed E-state index contributed by atoms with van der Waals surface area (Å²) in [7, 11) is 3.28. The van der Waals surface area contributed by atoms with Crippen LogP contribution in [-0.2, 0) is 0 Å². The number of nitrogens with zero attached hydrogens (tertiary/aromatic N) is 4. The molecule has 3 aromatic carbocycles. The Morgan fingerprint density at radius 1 is 1.03 bits per heavy atom. The Morgan fingerprint density at radius 3 is 2.46 bits per heavy atom. The number of aromatic nitrogens is 1. The summed E-state index contributed by atoms with van der Waals surface area (Å²) < 4.78 is 5.54. The lowest BCUT2D eigenvalue weighted by atomic mass is 9.93. The predicted octanol–water partition coefficient (Wildman–Crippen LogP) is 5.80. The lowest BCUT2D eigenvalue weighted by Gasteiger charge is -2.29. The van der Waals surface area contributed by atoms with Crippen LogP contribution in [0.15, 0.2) is 72.8 Å². The number of para-hydroxylation sites is 1. The molecule has 2 atom stereocenters.